The molecule has 0 aliphatic rings. The molecule has 0 saturated carbocycles. The zero-order valence-electron chi connectivity index (χ0n) is 10.9. The van der Waals surface area contributed by atoms with Gasteiger partial charge in [0.25, 0.3) is 0 Å². The molecule has 0 saturated heterocycles. The van der Waals surface area contributed by atoms with Gasteiger partial charge in [0.05, 0.1) is 0 Å². The van der Waals surface area contributed by atoms with Crippen molar-refractivity contribution in [2.24, 2.45) is 0 Å². The molecule has 0 heterocycles. The highest BCUT2D eigenvalue weighted by molar-refractivity contribution is 5.68. The van der Waals surface area contributed by atoms with Crippen LogP contribution in [0.1, 0.15) is 53.4 Å². The number of hydrogen-bond acceptors (Lipinski definition) is 3. The number of ether oxygens (including phenoxy) is 1. The van der Waals surface area contributed by atoms with E-state index in [9.17, 15) is 4.79 Å². The van der Waals surface area contributed by atoms with E-state index in [1.807, 2.05) is 27.7 Å². The Morgan fingerprint density at radius 2 is 2.00 bits per heavy atom. The molecule has 0 bridgehead atoms. The topological polar surface area (TPSA) is 58.6 Å². The van der Waals surface area contributed by atoms with Crippen molar-refractivity contribution in [3.8, 4) is 0 Å². The molecular formula is C12H25NO3. The molecule has 4 nitrogen and oxygen atoms in total. The number of alkyl carbamates (subject to hydrolysis) is 1. The monoisotopic (exact) mass is 231 g/mol. The maximum Gasteiger partial charge on any atom is 0.407 e. The molecule has 0 rings (SSSR count). The van der Waals surface area contributed by atoms with Gasteiger partial charge in [-0.15, -0.1) is 0 Å². The molecule has 0 aromatic rings. The molecule has 4 heteroatoms. The largest absolute Gasteiger partial charge is 0.444 e. The fourth-order valence-electron chi connectivity index (χ4n) is 1.36. The Bertz CT molecular complexity index is 199. The van der Waals surface area contributed by atoms with Crippen LogP contribution in [0.5, 0.6) is 0 Å². The number of aliphatic hydroxyl groups is 1. The van der Waals surface area contributed by atoms with Crippen LogP contribution in [0, 0.1) is 0 Å². The van der Waals surface area contributed by atoms with Crippen LogP contribution in [-0.4, -0.2) is 29.4 Å². The zero-order valence-corrected chi connectivity index (χ0v) is 10.9. The average molecular weight is 231 g/mol. The molecule has 16 heavy (non-hydrogen) atoms. The van der Waals surface area contributed by atoms with E-state index in [0.29, 0.717) is 0 Å². The van der Waals surface area contributed by atoms with Gasteiger partial charge >= 0.3 is 6.09 Å². The molecule has 1 unspecified atom stereocenters. The van der Waals surface area contributed by atoms with Crippen LogP contribution in [-0.2, 0) is 4.74 Å². The van der Waals surface area contributed by atoms with Crippen molar-refractivity contribution in [1.82, 2.24) is 5.32 Å². The predicted octanol–water partition coefficient (Wildman–Crippen LogP) is 2.45. The molecule has 0 aliphatic heterocycles. The van der Waals surface area contributed by atoms with E-state index in [0.717, 1.165) is 25.7 Å². The Hall–Kier alpha value is -0.770. The number of amides is 1. The third-order valence-corrected chi connectivity index (χ3v) is 2.17. The Kier molecular flexibility index (Phi) is 7.13. The third kappa shape index (κ3) is 8.53. The van der Waals surface area contributed by atoms with Gasteiger partial charge in [-0.1, -0.05) is 6.92 Å². The van der Waals surface area contributed by atoms with E-state index in [1.165, 1.54) is 0 Å². The fraction of sp³-hybridized carbons (Fsp3) is 0.917. The minimum absolute atomic E-state index is 0.140. The van der Waals surface area contributed by atoms with Crippen LogP contribution >= 0.6 is 0 Å². The second-order valence-electron chi connectivity index (χ2n) is 4.97. The maximum absolute atomic E-state index is 11.5. The zero-order chi connectivity index (χ0) is 12.6. The quantitative estimate of drug-likeness (QED) is 0.690. The first-order valence-corrected chi connectivity index (χ1v) is 5.99. The van der Waals surface area contributed by atoms with E-state index < -0.39 is 5.60 Å². The van der Waals surface area contributed by atoms with E-state index in [2.05, 4.69) is 5.32 Å². The Morgan fingerprint density at radius 3 is 2.44 bits per heavy atom. The summed E-state index contributed by atoms with van der Waals surface area (Å²) in [7, 11) is 0. The summed E-state index contributed by atoms with van der Waals surface area (Å²) < 4.78 is 5.18. The third-order valence-electron chi connectivity index (χ3n) is 2.17. The summed E-state index contributed by atoms with van der Waals surface area (Å²) >= 11 is 0. The highest BCUT2D eigenvalue weighted by Gasteiger charge is 2.18. The molecule has 1 amide bonds. The molecule has 0 aromatic carbocycles. The van der Waals surface area contributed by atoms with Crippen LogP contribution in [0.25, 0.3) is 0 Å². The molecular weight excluding hydrogens is 206 g/mol. The van der Waals surface area contributed by atoms with Gasteiger partial charge < -0.3 is 15.2 Å². The fourth-order valence-corrected chi connectivity index (χ4v) is 1.36. The number of unbranched alkanes of at least 4 members (excludes halogenated alkanes) is 1. The number of carbonyl (C=O) groups excluding carboxylic acids is 1. The minimum atomic E-state index is -0.451. The predicted molar refractivity (Wildman–Crippen MR) is 64.4 cm³/mol. The summed E-state index contributed by atoms with van der Waals surface area (Å²) in [5.74, 6) is 0. The summed E-state index contributed by atoms with van der Waals surface area (Å²) in [6.07, 6.45) is 3.11. The second-order valence-corrected chi connectivity index (χ2v) is 4.97. The van der Waals surface area contributed by atoms with Gasteiger partial charge in [-0.05, 0) is 46.5 Å². The van der Waals surface area contributed by atoms with Gasteiger partial charge in [0.15, 0.2) is 0 Å². The number of nitrogens with one attached hydrogen (secondary N) is 1. The first-order chi connectivity index (χ1) is 7.39. The lowest BCUT2D eigenvalue weighted by molar-refractivity contribution is 0.0499. The second kappa shape index (κ2) is 7.49. The molecule has 0 aromatic heterocycles. The summed E-state index contributed by atoms with van der Waals surface area (Å²) in [5.41, 5.74) is -0.451. The van der Waals surface area contributed by atoms with Crippen molar-refractivity contribution in [1.29, 1.82) is 0 Å². The van der Waals surface area contributed by atoms with E-state index in [1.54, 1.807) is 0 Å². The summed E-state index contributed by atoms with van der Waals surface area (Å²) in [5, 5.41) is 11.5. The van der Waals surface area contributed by atoms with Crippen LogP contribution in [0.2, 0.25) is 0 Å². The molecule has 0 fully saturated rings. The molecule has 0 radical (unpaired) electrons. The number of aliphatic hydroxyl groups excluding tert-OH is 1. The first-order valence-electron chi connectivity index (χ1n) is 5.99. The number of rotatable bonds is 6. The summed E-state index contributed by atoms with van der Waals surface area (Å²) in [6, 6.07) is 0.140. The minimum Gasteiger partial charge on any atom is -0.444 e. The van der Waals surface area contributed by atoms with Gasteiger partial charge in [-0.2, -0.15) is 0 Å². The number of carbonyl (C=O) groups is 1. The lowest BCUT2D eigenvalue weighted by Crippen LogP contribution is -2.38. The van der Waals surface area contributed by atoms with Gasteiger partial charge in [0.1, 0.15) is 5.60 Å². The van der Waals surface area contributed by atoms with E-state index in [-0.39, 0.29) is 18.7 Å². The van der Waals surface area contributed by atoms with Gasteiger partial charge in [0.2, 0.25) is 0 Å². The van der Waals surface area contributed by atoms with Crippen molar-refractivity contribution < 1.29 is 14.6 Å². The highest BCUT2D eigenvalue weighted by Crippen LogP contribution is 2.09. The van der Waals surface area contributed by atoms with Gasteiger partial charge in [0, 0.05) is 12.6 Å². The lowest BCUT2D eigenvalue weighted by atomic mass is 10.1. The average Bonchev–Trinajstić information content (AvgIpc) is 2.13. The molecule has 2 N–H and O–H groups in total. The van der Waals surface area contributed by atoms with E-state index >= 15 is 0 Å². The lowest BCUT2D eigenvalue weighted by Gasteiger charge is -2.23. The Balaban J connectivity index is 3.88. The van der Waals surface area contributed by atoms with E-state index in [4.69, 9.17) is 9.84 Å². The summed E-state index contributed by atoms with van der Waals surface area (Å²) in [6.45, 7) is 7.78. The first kappa shape index (κ1) is 15.2. The van der Waals surface area contributed by atoms with Crippen LogP contribution in [0.15, 0.2) is 0 Å². The standard InChI is InChI=1S/C12H25NO3/c1-5-10(8-6-7-9-14)13-11(15)16-12(2,3)4/h10,14H,5-9H2,1-4H3,(H,13,15). The number of hydrogen-bond donors (Lipinski definition) is 2. The molecule has 96 valence electrons. The normalized spacial score (nSPS) is 13.3. The molecule has 0 aliphatic carbocycles. The van der Waals surface area contributed by atoms with Crippen LogP contribution in [0.4, 0.5) is 4.79 Å². The molecule has 0 spiro atoms. The molecule has 1 atom stereocenters. The van der Waals surface area contributed by atoms with Crippen molar-refractivity contribution >= 4 is 6.09 Å². The smallest absolute Gasteiger partial charge is 0.407 e. The van der Waals surface area contributed by atoms with Crippen molar-refractivity contribution in [3.63, 3.8) is 0 Å². The highest BCUT2D eigenvalue weighted by atomic mass is 16.6. The SMILES string of the molecule is CCC(CCCCO)NC(=O)OC(C)(C)C. The Morgan fingerprint density at radius 1 is 1.38 bits per heavy atom. The summed E-state index contributed by atoms with van der Waals surface area (Å²) in [4.78, 5) is 11.5. The maximum atomic E-state index is 11.5. The Labute approximate surface area is 98.4 Å². The van der Waals surface area contributed by atoms with Crippen molar-refractivity contribution in [3.05, 3.63) is 0 Å². The van der Waals surface area contributed by atoms with Crippen molar-refractivity contribution in [2.75, 3.05) is 6.61 Å². The van der Waals surface area contributed by atoms with Gasteiger partial charge in [-0.3, -0.25) is 0 Å². The van der Waals surface area contributed by atoms with Gasteiger partial charge in [-0.25, -0.2) is 4.79 Å². The van der Waals surface area contributed by atoms with Crippen molar-refractivity contribution in [2.45, 2.75) is 65.0 Å². The van der Waals surface area contributed by atoms with Crippen LogP contribution in [0.3, 0.4) is 0 Å². The van der Waals surface area contributed by atoms with Crippen LogP contribution < -0.4 is 5.32 Å².